The smallest absolute Gasteiger partial charge is 0.318 e. The number of carbonyl (C=O) groups is 2. The summed E-state index contributed by atoms with van der Waals surface area (Å²) in [5, 5.41) is 9.25. The number of hydrogen-bond acceptors (Lipinski definition) is 7. The second kappa shape index (κ2) is 12.0. The number of rotatable bonds is 10. The van der Waals surface area contributed by atoms with Crippen molar-refractivity contribution >= 4 is 34.6 Å². The van der Waals surface area contributed by atoms with Gasteiger partial charge in [0.1, 0.15) is 11.4 Å². The molecule has 180 valence electrons. The van der Waals surface area contributed by atoms with E-state index in [4.69, 9.17) is 10.5 Å². The highest BCUT2D eigenvalue weighted by molar-refractivity contribution is 7.09. The number of nitrogens with zero attached hydrogens (tertiary/aromatic N) is 3. The summed E-state index contributed by atoms with van der Waals surface area (Å²) in [6, 6.07) is 10.8. The first-order valence-corrected chi connectivity index (χ1v) is 11.7. The number of ether oxygens (including phenoxy) is 1. The highest BCUT2D eigenvalue weighted by Gasteiger charge is 2.16. The number of aromatic nitrogens is 1. The van der Waals surface area contributed by atoms with Crippen molar-refractivity contribution in [1.82, 2.24) is 20.1 Å². The summed E-state index contributed by atoms with van der Waals surface area (Å²) in [5.74, 6) is 0.389. The average molecular weight is 483 g/mol. The second-order valence-electron chi connectivity index (χ2n) is 7.94. The van der Waals surface area contributed by atoms with E-state index in [1.807, 2.05) is 43.3 Å². The highest BCUT2D eigenvalue weighted by Crippen LogP contribution is 2.23. The van der Waals surface area contributed by atoms with Crippen molar-refractivity contribution in [1.29, 1.82) is 0 Å². The zero-order valence-corrected chi connectivity index (χ0v) is 20.4. The molecule has 0 spiro atoms. The molecule has 3 amide bonds. The van der Waals surface area contributed by atoms with Crippen LogP contribution < -0.4 is 21.1 Å². The molecule has 2 aromatic heterocycles. The lowest BCUT2D eigenvalue weighted by Gasteiger charge is -2.25. The lowest BCUT2D eigenvalue weighted by Crippen LogP contribution is -2.42. The van der Waals surface area contributed by atoms with Crippen LogP contribution in [0.2, 0.25) is 0 Å². The van der Waals surface area contributed by atoms with Crippen molar-refractivity contribution in [2.24, 2.45) is 0 Å². The lowest BCUT2D eigenvalue weighted by molar-refractivity contribution is 0.102. The van der Waals surface area contributed by atoms with Gasteiger partial charge in [-0.15, -0.1) is 11.3 Å². The zero-order chi connectivity index (χ0) is 24.5. The van der Waals surface area contributed by atoms with Crippen LogP contribution in [0.15, 0.2) is 53.4 Å². The monoisotopic (exact) mass is 482 g/mol. The van der Waals surface area contributed by atoms with Crippen molar-refractivity contribution in [2.75, 3.05) is 45.3 Å². The molecule has 0 aliphatic rings. The van der Waals surface area contributed by atoms with Crippen molar-refractivity contribution in [3.8, 4) is 5.75 Å². The average Bonchev–Trinajstić information content (AvgIpc) is 3.24. The largest absolute Gasteiger partial charge is 0.496 e. The zero-order valence-electron chi connectivity index (χ0n) is 19.6. The predicted octanol–water partition coefficient (Wildman–Crippen LogP) is 3.26. The Balaban J connectivity index is 1.64. The van der Waals surface area contributed by atoms with Gasteiger partial charge < -0.3 is 30.9 Å². The first kappa shape index (κ1) is 25.0. The topological polar surface area (TPSA) is 113 Å². The minimum Gasteiger partial charge on any atom is -0.496 e. The Kier molecular flexibility index (Phi) is 8.83. The molecule has 9 nitrogen and oxygen atoms in total. The molecular formula is C24H30N6O3S. The molecule has 0 unspecified atom stereocenters. The van der Waals surface area contributed by atoms with E-state index in [0.717, 1.165) is 16.9 Å². The number of pyridine rings is 1. The number of methoxy groups -OCH3 is 1. The van der Waals surface area contributed by atoms with Crippen LogP contribution in [0.5, 0.6) is 5.75 Å². The van der Waals surface area contributed by atoms with Gasteiger partial charge >= 0.3 is 6.03 Å². The molecule has 3 aromatic rings. The molecule has 10 heteroatoms. The van der Waals surface area contributed by atoms with Gasteiger partial charge in [0.05, 0.1) is 18.5 Å². The second-order valence-corrected chi connectivity index (χ2v) is 8.69. The van der Waals surface area contributed by atoms with Gasteiger partial charge in [0, 0.05) is 48.7 Å². The van der Waals surface area contributed by atoms with Crippen LogP contribution in [0.1, 0.15) is 21.6 Å². The Morgan fingerprint density at radius 3 is 2.56 bits per heavy atom. The Bertz CT molecular complexity index is 1100. The summed E-state index contributed by atoms with van der Waals surface area (Å²) in [6.45, 7) is 1.95. The molecule has 34 heavy (non-hydrogen) atoms. The quantitative estimate of drug-likeness (QED) is 0.409. The number of urea groups is 1. The van der Waals surface area contributed by atoms with Crippen LogP contribution in [-0.2, 0) is 13.1 Å². The summed E-state index contributed by atoms with van der Waals surface area (Å²) in [7, 11) is 5.52. The number of anilines is 2. The third kappa shape index (κ3) is 6.93. The van der Waals surface area contributed by atoms with Crippen LogP contribution in [0.3, 0.4) is 0 Å². The van der Waals surface area contributed by atoms with Crippen molar-refractivity contribution in [3.05, 3.63) is 70.2 Å². The number of hydrogen-bond donors (Lipinski definition) is 3. The van der Waals surface area contributed by atoms with E-state index < -0.39 is 0 Å². The Morgan fingerprint density at radius 2 is 1.91 bits per heavy atom. The van der Waals surface area contributed by atoms with Crippen LogP contribution in [0.4, 0.5) is 16.2 Å². The van der Waals surface area contributed by atoms with Gasteiger partial charge in [-0.1, -0.05) is 24.3 Å². The van der Waals surface area contributed by atoms with E-state index in [1.165, 1.54) is 11.3 Å². The fourth-order valence-corrected chi connectivity index (χ4v) is 3.85. The Morgan fingerprint density at radius 1 is 1.12 bits per heavy atom. The van der Waals surface area contributed by atoms with Crippen molar-refractivity contribution in [2.45, 2.75) is 13.1 Å². The summed E-state index contributed by atoms with van der Waals surface area (Å²) < 4.78 is 5.36. The van der Waals surface area contributed by atoms with E-state index in [-0.39, 0.29) is 17.6 Å². The molecular weight excluding hydrogens is 452 g/mol. The third-order valence-electron chi connectivity index (χ3n) is 5.10. The summed E-state index contributed by atoms with van der Waals surface area (Å²) in [4.78, 5) is 33.4. The first-order chi connectivity index (χ1) is 16.4. The van der Waals surface area contributed by atoms with Crippen LogP contribution in [-0.4, -0.2) is 61.0 Å². The van der Waals surface area contributed by atoms with Crippen LogP contribution in [0, 0.1) is 0 Å². The first-order valence-electron chi connectivity index (χ1n) is 10.7. The van der Waals surface area contributed by atoms with Gasteiger partial charge in [-0.25, -0.2) is 4.79 Å². The van der Waals surface area contributed by atoms with E-state index in [0.29, 0.717) is 37.6 Å². The molecule has 0 fully saturated rings. The number of nitrogens with one attached hydrogen (secondary N) is 2. The van der Waals surface area contributed by atoms with E-state index in [9.17, 15) is 9.59 Å². The molecule has 3 rings (SSSR count). The molecule has 0 bridgehead atoms. The van der Waals surface area contributed by atoms with E-state index in [1.54, 1.807) is 41.1 Å². The van der Waals surface area contributed by atoms with Gasteiger partial charge in [0.15, 0.2) is 0 Å². The third-order valence-corrected chi connectivity index (χ3v) is 5.86. The number of nitrogen functional groups attached to an aromatic ring is 1. The normalized spacial score (nSPS) is 10.7. The summed E-state index contributed by atoms with van der Waals surface area (Å²) >= 11 is 1.41. The molecule has 4 N–H and O–H groups in total. The van der Waals surface area contributed by atoms with E-state index >= 15 is 0 Å². The number of benzene rings is 1. The fourth-order valence-electron chi connectivity index (χ4n) is 3.17. The number of para-hydroxylation sites is 1. The molecule has 2 heterocycles. The number of likely N-dealkylation sites (N-methyl/N-ethyl adjacent to an activating group) is 1. The maximum atomic E-state index is 13.0. The molecule has 0 saturated carbocycles. The summed E-state index contributed by atoms with van der Waals surface area (Å²) in [6.07, 6.45) is 1.61. The Hall–Kier alpha value is -3.63. The van der Waals surface area contributed by atoms with Gasteiger partial charge in [-0.3, -0.25) is 9.78 Å². The van der Waals surface area contributed by atoms with Crippen molar-refractivity contribution < 1.29 is 14.3 Å². The molecule has 0 aliphatic carbocycles. The molecule has 0 radical (unpaired) electrons. The highest BCUT2D eigenvalue weighted by atomic mass is 32.1. The maximum absolute atomic E-state index is 13.0. The maximum Gasteiger partial charge on any atom is 0.318 e. The number of amides is 3. The molecule has 0 aliphatic heterocycles. The Labute approximate surface area is 203 Å². The lowest BCUT2D eigenvalue weighted by atomic mass is 10.2. The number of carbonyl (C=O) groups excluding carboxylic acids is 2. The van der Waals surface area contributed by atoms with E-state index in [2.05, 4.69) is 15.6 Å². The predicted molar refractivity (Wildman–Crippen MR) is 135 cm³/mol. The van der Waals surface area contributed by atoms with Gasteiger partial charge in [-0.05, 0) is 31.8 Å². The fraction of sp³-hybridized carbons (Fsp3) is 0.292. The van der Waals surface area contributed by atoms with Crippen molar-refractivity contribution in [3.63, 3.8) is 0 Å². The minimum absolute atomic E-state index is 0.192. The molecule has 1 aromatic carbocycles. The van der Waals surface area contributed by atoms with Crippen LogP contribution in [0.25, 0.3) is 0 Å². The SMILES string of the molecule is COc1ccccc1CNC(=O)N(CCN(C)C)Cc1ccc(C(=O)Nc2cscc2N)nc1. The molecule has 0 atom stereocenters. The summed E-state index contributed by atoms with van der Waals surface area (Å²) in [5.41, 5.74) is 8.90. The molecule has 0 saturated heterocycles. The minimum atomic E-state index is -0.337. The van der Waals surface area contributed by atoms with Crippen LogP contribution >= 0.6 is 11.3 Å². The number of nitrogens with two attached hydrogens (primary N) is 1. The standard InChI is InChI=1S/C24H30N6O3S/c1-29(2)10-11-30(24(32)27-13-18-6-4-5-7-22(18)33-3)14-17-8-9-20(26-12-17)23(31)28-21-16-34-15-19(21)25/h4-9,12,15-16H,10-11,13-14,25H2,1-3H3,(H,27,32)(H,28,31). The van der Waals surface area contributed by atoms with Gasteiger partial charge in [0.2, 0.25) is 0 Å². The number of thiophene rings is 1. The van der Waals surface area contributed by atoms with Gasteiger partial charge in [0.25, 0.3) is 5.91 Å². The van der Waals surface area contributed by atoms with Gasteiger partial charge in [-0.2, -0.15) is 0 Å².